The molecule has 0 radical (unpaired) electrons. The highest BCUT2D eigenvalue weighted by molar-refractivity contribution is 5.78. The average Bonchev–Trinajstić information content (AvgIpc) is 3.33. The summed E-state index contributed by atoms with van der Waals surface area (Å²) in [6, 6.07) is 17.4. The average molecular weight is 511 g/mol. The van der Waals surface area contributed by atoms with Crippen LogP contribution in [0.15, 0.2) is 72.9 Å². The van der Waals surface area contributed by atoms with Gasteiger partial charge in [0, 0.05) is 56.1 Å². The van der Waals surface area contributed by atoms with Gasteiger partial charge in [0.25, 0.3) is 0 Å². The van der Waals surface area contributed by atoms with Gasteiger partial charge in [-0.2, -0.15) is 13.2 Å². The van der Waals surface area contributed by atoms with E-state index in [1.165, 1.54) is 12.1 Å². The summed E-state index contributed by atoms with van der Waals surface area (Å²) in [7, 11) is 0. The Morgan fingerprint density at radius 3 is 2.43 bits per heavy atom. The molecule has 37 heavy (non-hydrogen) atoms. The van der Waals surface area contributed by atoms with Crippen LogP contribution in [0, 0.1) is 12.7 Å². The fourth-order valence-electron chi connectivity index (χ4n) is 5.00. The van der Waals surface area contributed by atoms with Gasteiger partial charge in [-0.05, 0) is 48.9 Å². The Hall–Kier alpha value is -3.88. The number of fused-ring (bicyclic) bond motifs is 1. The van der Waals surface area contributed by atoms with Crippen LogP contribution in [0.3, 0.4) is 0 Å². The maximum Gasteiger partial charge on any atom is 0.416 e. The summed E-state index contributed by atoms with van der Waals surface area (Å²) in [5.74, 6) is -1.08. The van der Waals surface area contributed by atoms with Gasteiger partial charge in [-0.15, -0.1) is 0 Å². The molecule has 1 fully saturated rings. The lowest BCUT2D eigenvalue weighted by Crippen LogP contribution is -2.49. The number of alkyl halides is 3. The molecule has 9 heteroatoms. The topological polar surface area (TPSA) is 40.9 Å². The molecule has 1 aliphatic rings. The number of piperazine rings is 1. The van der Waals surface area contributed by atoms with Crippen molar-refractivity contribution in [1.29, 1.82) is 0 Å². The van der Waals surface area contributed by atoms with Crippen LogP contribution < -0.4 is 4.90 Å². The zero-order valence-electron chi connectivity index (χ0n) is 20.3. The number of carbonyl (C=O) groups is 1. The molecule has 2 aromatic heterocycles. The maximum atomic E-state index is 14.9. The second kappa shape index (κ2) is 9.88. The summed E-state index contributed by atoms with van der Waals surface area (Å²) >= 11 is 0. The Labute approximate surface area is 212 Å². The summed E-state index contributed by atoms with van der Waals surface area (Å²) in [5, 5.41) is 0. The highest BCUT2D eigenvalue weighted by Crippen LogP contribution is 2.33. The molecule has 4 aromatic rings. The number of amides is 1. The van der Waals surface area contributed by atoms with E-state index in [-0.39, 0.29) is 12.3 Å². The second-order valence-electron chi connectivity index (χ2n) is 9.24. The van der Waals surface area contributed by atoms with E-state index in [9.17, 15) is 22.4 Å². The number of hydrogen-bond acceptors (Lipinski definition) is 3. The molecule has 5 rings (SSSR count). The molecule has 1 unspecified atom stereocenters. The number of halogens is 4. The van der Waals surface area contributed by atoms with E-state index in [2.05, 4.69) is 4.98 Å². The van der Waals surface area contributed by atoms with Gasteiger partial charge in [-0.25, -0.2) is 9.37 Å². The van der Waals surface area contributed by atoms with Gasteiger partial charge in [-0.3, -0.25) is 4.79 Å². The fraction of sp³-hybridized carbons (Fsp3) is 0.286. The minimum atomic E-state index is -4.41. The highest BCUT2D eigenvalue weighted by atomic mass is 19.4. The van der Waals surface area contributed by atoms with Crippen molar-refractivity contribution in [1.82, 2.24) is 14.3 Å². The molecular weight excluding hydrogens is 484 g/mol. The van der Waals surface area contributed by atoms with E-state index in [0.717, 1.165) is 29.2 Å². The first-order chi connectivity index (χ1) is 17.7. The summed E-state index contributed by atoms with van der Waals surface area (Å²) in [4.78, 5) is 21.5. The molecule has 1 atom stereocenters. The number of benzene rings is 2. The molecule has 5 nitrogen and oxygen atoms in total. The predicted octanol–water partition coefficient (Wildman–Crippen LogP) is 5.67. The van der Waals surface area contributed by atoms with E-state index in [1.807, 2.05) is 34.4 Å². The number of pyridine rings is 1. The predicted molar refractivity (Wildman–Crippen MR) is 133 cm³/mol. The van der Waals surface area contributed by atoms with Gasteiger partial charge in [-0.1, -0.05) is 30.3 Å². The Bertz CT molecular complexity index is 1420. The van der Waals surface area contributed by atoms with Crippen molar-refractivity contribution in [3.8, 4) is 0 Å². The Kier molecular flexibility index (Phi) is 6.62. The van der Waals surface area contributed by atoms with Crippen molar-refractivity contribution in [2.45, 2.75) is 25.4 Å². The third kappa shape index (κ3) is 5.03. The third-order valence-corrected chi connectivity index (χ3v) is 6.94. The molecule has 0 N–H and O–H groups in total. The molecule has 192 valence electrons. The van der Waals surface area contributed by atoms with Crippen LogP contribution >= 0.6 is 0 Å². The summed E-state index contributed by atoms with van der Waals surface area (Å²) in [5.41, 5.74) is 2.58. The molecule has 1 aliphatic heterocycles. The van der Waals surface area contributed by atoms with Crippen LogP contribution in [0.25, 0.3) is 5.65 Å². The zero-order chi connectivity index (χ0) is 26.2. The first-order valence-electron chi connectivity index (χ1n) is 12.1. The minimum Gasteiger partial charge on any atom is -0.368 e. The van der Waals surface area contributed by atoms with Crippen LogP contribution in [0.2, 0.25) is 0 Å². The number of carbonyl (C=O) groups excluding carboxylic acids is 1. The zero-order valence-corrected chi connectivity index (χ0v) is 20.3. The van der Waals surface area contributed by atoms with Crippen LogP contribution in [0.5, 0.6) is 0 Å². The van der Waals surface area contributed by atoms with E-state index < -0.39 is 23.5 Å². The normalized spacial score (nSPS) is 15.3. The van der Waals surface area contributed by atoms with Crippen molar-refractivity contribution in [2.24, 2.45) is 0 Å². The van der Waals surface area contributed by atoms with E-state index in [4.69, 9.17) is 0 Å². The van der Waals surface area contributed by atoms with Crippen molar-refractivity contribution < 1.29 is 22.4 Å². The third-order valence-electron chi connectivity index (χ3n) is 6.94. The van der Waals surface area contributed by atoms with Crippen molar-refractivity contribution in [3.05, 3.63) is 101 Å². The van der Waals surface area contributed by atoms with Crippen LogP contribution in [0.4, 0.5) is 23.2 Å². The van der Waals surface area contributed by atoms with Crippen molar-refractivity contribution >= 4 is 17.2 Å². The number of imidazole rings is 1. The Balaban J connectivity index is 1.36. The van der Waals surface area contributed by atoms with Gasteiger partial charge >= 0.3 is 6.18 Å². The Morgan fingerprint density at radius 1 is 0.973 bits per heavy atom. The molecule has 1 saturated heterocycles. The maximum absolute atomic E-state index is 14.9. The lowest BCUT2D eigenvalue weighted by molar-refractivity contribution is -0.137. The van der Waals surface area contributed by atoms with E-state index >= 15 is 0 Å². The SMILES string of the molecule is Cc1cccc2ncc(C(CC(=O)N3CCN(c4cccc(C(F)(F)F)c4)CC3)c3ccccc3F)n12. The molecule has 3 heterocycles. The lowest BCUT2D eigenvalue weighted by atomic mass is 9.91. The molecule has 0 saturated carbocycles. The molecule has 0 aliphatic carbocycles. The molecular formula is C28H26F4N4O. The van der Waals surface area contributed by atoms with Gasteiger partial charge < -0.3 is 14.2 Å². The highest BCUT2D eigenvalue weighted by Gasteiger charge is 2.32. The van der Waals surface area contributed by atoms with Crippen molar-refractivity contribution in [2.75, 3.05) is 31.1 Å². The monoisotopic (exact) mass is 510 g/mol. The second-order valence-corrected chi connectivity index (χ2v) is 9.24. The first kappa shape index (κ1) is 24.8. The van der Waals surface area contributed by atoms with E-state index in [1.54, 1.807) is 35.4 Å². The quantitative estimate of drug-likeness (QED) is 0.325. The number of nitrogens with zero attached hydrogens (tertiary/aromatic N) is 4. The standard InChI is InChI=1S/C28H26F4N4O/c1-19-6-4-11-26-33-18-25(36(19)26)23(22-9-2-3-10-24(22)29)17-27(37)35-14-12-34(13-15-35)21-8-5-7-20(16-21)28(30,31)32/h2-11,16,18,23H,12-15,17H2,1H3. The Morgan fingerprint density at radius 2 is 1.70 bits per heavy atom. The van der Waals surface area contributed by atoms with Crippen molar-refractivity contribution in [3.63, 3.8) is 0 Å². The first-order valence-corrected chi connectivity index (χ1v) is 12.1. The van der Waals surface area contributed by atoms with Crippen LogP contribution in [-0.4, -0.2) is 46.4 Å². The van der Waals surface area contributed by atoms with Gasteiger partial charge in [0.2, 0.25) is 5.91 Å². The molecule has 0 bridgehead atoms. The number of anilines is 1. The van der Waals surface area contributed by atoms with Crippen LogP contribution in [0.1, 0.15) is 34.9 Å². The molecule has 1 amide bonds. The molecule has 2 aromatic carbocycles. The minimum absolute atomic E-state index is 0.0482. The summed E-state index contributed by atoms with van der Waals surface area (Å²) in [6.45, 7) is 3.49. The summed E-state index contributed by atoms with van der Waals surface area (Å²) < 4.78 is 56.3. The van der Waals surface area contributed by atoms with Gasteiger partial charge in [0.05, 0.1) is 11.3 Å². The smallest absolute Gasteiger partial charge is 0.368 e. The van der Waals surface area contributed by atoms with Gasteiger partial charge in [0.1, 0.15) is 11.5 Å². The number of aryl methyl sites for hydroxylation is 1. The number of hydrogen-bond donors (Lipinski definition) is 0. The lowest BCUT2D eigenvalue weighted by Gasteiger charge is -2.37. The molecule has 0 spiro atoms. The fourth-order valence-corrected chi connectivity index (χ4v) is 5.00. The summed E-state index contributed by atoms with van der Waals surface area (Å²) in [6.07, 6.45) is -2.67. The van der Waals surface area contributed by atoms with Crippen LogP contribution in [-0.2, 0) is 11.0 Å². The number of rotatable bonds is 5. The van der Waals surface area contributed by atoms with E-state index in [0.29, 0.717) is 37.4 Å². The number of aromatic nitrogens is 2. The van der Waals surface area contributed by atoms with Gasteiger partial charge in [0.15, 0.2) is 0 Å². The largest absolute Gasteiger partial charge is 0.416 e.